The van der Waals surface area contributed by atoms with Crippen molar-refractivity contribution in [3.63, 3.8) is 0 Å². The molecule has 0 bridgehead atoms. The van der Waals surface area contributed by atoms with Gasteiger partial charge in [-0.25, -0.2) is 0 Å². The van der Waals surface area contributed by atoms with Crippen molar-refractivity contribution < 1.29 is 15.0 Å². The van der Waals surface area contributed by atoms with Gasteiger partial charge in [-0.1, -0.05) is 0 Å². The Balaban J connectivity index is 2.51. The van der Waals surface area contributed by atoms with E-state index in [4.69, 9.17) is 5.11 Å². The fourth-order valence-corrected chi connectivity index (χ4v) is 1.67. The largest absolute Gasteiger partial charge is 0.481 e. The maximum Gasteiger partial charge on any atom is 0.303 e. The molecule has 0 amide bonds. The van der Waals surface area contributed by atoms with Crippen molar-refractivity contribution in [3.05, 3.63) is 6.92 Å². The third-order valence-corrected chi connectivity index (χ3v) is 2.65. The van der Waals surface area contributed by atoms with E-state index in [-0.39, 0.29) is 6.42 Å². The summed E-state index contributed by atoms with van der Waals surface area (Å²) in [6.45, 7) is 5.19. The second kappa shape index (κ2) is 4.07. The van der Waals surface area contributed by atoms with Crippen molar-refractivity contribution in [2.24, 2.45) is 5.92 Å². The van der Waals surface area contributed by atoms with Crippen LogP contribution in [0.25, 0.3) is 0 Å². The summed E-state index contributed by atoms with van der Waals surface area (Å²) in [6.07, 6.45) is 1.12. The zero-order chi connectivity index (χ0) is 9.90. The summed E-state index contributed by atoms with van der Waals surface area (Å²) in [7, 11) is 0. The SMILES string of the molecule is [CH2]C(CC(=O)O)C1(O)CCNCC1. The predicted octanol–water partition coefficient (Wildman–Crippen LogP) is 0.0259. The molecule has 4 nitrogen and oxygen atoms in total. The molecule has 1 radical (unpaired) electrons. The lowest BCUT2D eigenvalue weighted by Crippen LogP contribution is -2.47. The van der Waals surface area contributed by atoms with E-state index in [0.29, 0.717) is 12.8 Å². The zero-order valence-corrected chi connectivity index (χ0v) is 7.62. The number of carbonyl (C=O) groups is 1. The summed E-state index contributed by atoms with van der Waals surface area (Å²) in [4.78, 5) is 10.4. The molecule has 0 aromatic rings. The van der Waals surface area contributed by atoms with Crippen LogP contribution >= 0.6 is 0 Å². The van der Waals surface area contributed by atoms with Crippen molar-refractivity contribution in [2.75, 3.05) is 13.1 Å². The molecule has 0 saturated carbocycles. The molecule has 0 aromatic heterocycles. The van der Waals surface area contributed by atoms with Gasteiger partial charge in [0.15, 0.2) is 0 Å². The Morgan fingerprint density at radius 3 is 2.54 bits per heavy atom. The Hall–Kier alpha value is -0.610. The first-order valence-corrected chi connectivity index (χ1v) is 4.52. The molecule has 0 spiro atoms. The molecule has 1 fully saturated rings. The molecule has 75 valence electrons. The van der Waals surface area contributed by atoms with Crippen LogP contribution in [0.15, 0.2) is 0 Å². The monoisotopic (exact) mass is 186 g/mol. The van der Waals surface area contributed by atoms with E-state index >= 15 is 0 Å². The molecular formula is C9H16NO3. The van der Waals surface area contributed by atoms with Crippen molar-refractivity contribution in [3.8, 4) is 0 Å². The standard InChI is InChI=1S/C9H16NO3/c1-7(6-8(11)12)9(13)2-4-10-5-3-9/h7,10,13H,1-6H2,(H,11,12). The van der Waals surface area contributed by atoms with Crippen LogP contribution in [-0.4, -0.2) is 34.9 Å². The van der Waals surface area contributed by atoms with Crippen LogP contribution in [0.5, 0.6) is 0 Å². The van der Waals surface area contributed by atoms with Crippen molar-refractivity contribution in [2.45, 2.75) is 24.9 Å². The highest BCUT2D eigenvalue weighted by Crippen LogP contribution is 2.28. The molecule has 1 heterocycles. The van der Waals surface area contributed by atoms with Crippen LogP contribution in [0.1, 0.15) is 19.3 Å². The van der Waals surface area contributed by atoms with Crippen LogP contribution in [0.3, 0.4) is 0 Å². The Morgan fingerprint density at radius 1 is 1.54 bits per heavy atom. The van der Waals surface area contributed by atoms with E-state index in [2.05, 4.69) is 12.2 Å². The maximum atomic E-state index is 10.4. The predicted molar refractivity (Wildman–Crippen MR) is 48.2 cm³/mol. The second-order valence-corrected chi connectivity index (χ2v) is 3.65. The quantitative estimate of drug-likeness (QED) is 0.581. The Labute approximate surface area is 78.0 Å². The highest BCUT2D eigenvalue weighted by molar-refractivity contribution is 5.67. The molecule has 1 aliphatic heterocycles. The summed E-state index contributed by atoms with van der Waals surface area (Å²) >= 11 is 0. The number of nitrogens with one attached hydrogen (secondary N) is 1. The lowest BCUT2D eigenvalue weighted by Gasteiger charge is -2.37. The number of carboxylic acids is 1. The summed E-state index contributed by atoms with van der Waals surface area (Å²) in [5, 5.41) is 21.7. The molecule has 3 N–H and O–H groups in total. The average Bonchev–Trinajstić information content (AvgIpc) is 2.04. The van der Waals surface area contributed by atoms with Crippen LogP contribution in [0.4, 0.5) is 0 Å². The molecule has 1 rings (SSSR count). The molecule has 1 atom stereocenters. The van der Waals surface area contributed by atoms with E-state index in [1.807, 2.05) is 0 Å². The number of hydrogen-bond donors (Lipinski definition) is 3. The van der Waals surface area contributed by atoms with Gasteiger partial charge in [-0.15, -0.1) is 0 Å². The third-order valence-electron chi connectivity index (χ3n) is 2.65. The topological polar surface area (TPSA) is 69.6 Å². The van der Waals surface area contributed by atoms with E-state index in [1.54, 1.807) is 0 Å². The number of aliphatic hydroxyl groups is 1. The van der Waals surface area contributed by atoms with Gasteiger partial charge in [0.1, 0.15) is 0 Å². The lowest BCUT2D eigenvalue weighted by atomic mass is 9.79. The molecule has 0 aromatic carbocycles. The fourth-order valence-electron chi connectivity index (χ4n) is 1.67. The van der Waals surface area contributed by atoms with Crippen LogP contribution < -0.4 is 5.32 Å². The van der Waals surface area contributed by atoms with Crippen molar-refractivity contribution in [1.82, 2.24) is 5.32 Å². The number of hydrogen-bond acceptors (Lipinski definition) is 3. The third kappa shape index (κ3) is 2.67. The molecule has 1 saturated heterocycles. The van der Waals surface area contributed by atoms with Crippen LogP contribution in [0, 0.1) is 12.8 Å². The molecule has 13 heavy (non-hydrogen) atoms. The molecule has 4 heteroatoms. The number of rotatable bonds is 3. The zero-order valence-electron chi connectivity index (χ0n) is 7.62. The van der Waals surface area contributed by atoms with Gasteiger partial charge < -0.3 is 15.5 Å². The summed E-state index contributed by atoms with van der Waals surface area (Å²) in [6, 6.07) is 0. The fraction of sp³-hybridized carbons (Fsp3) is 0.778. The minimum atomic E-state index is -0.896. The van der Waals surface area contributed by atoms with Crippen LogP contribution in [-0.2, 0) is 4.79 Å². The Morgan fingerprint density at radius 2 is 2.08 bits per heavy atom. The Kier molecular flexibility index (Phi) is 3.27. The van der Waals surface area contributed by atoms with Gasteiger partial charge in [-0.3, -0.25) is 4.79 Å². The minimum Gasteiger partial charge on any atom is -0.481 e. The first kappa shape index (κ1) is 10.5. The van der Waals surface area contributed by atoms with E-state index in [1.165, 1.54) is 0 Å². The van der Waals surface area contributed by atoms with Gasteiger partial charge in [0.05, 0.1) is 12.0 Å². The van der Waals surface area contributed by atoms with Gasteiger partial charge in [0, 0.05) is 0 Å². The van der Waals surface area contributed by atoms with Crippen molar-refractivity contribution in [1.29, 1.82) is 0 Å². The van der Waals surface area contributed by atoms with Gasteiger partial charge in [-0.05, 0) is 38.8 Å². The minimum absolute atomic E-state index is 0.0590. The van der Waals surface area contributed by atoms with Gasteiger partial charge >= 0.3 is 5.97 Å². The van der Waals surface area contributed by atoms with Gasteiger partial charge in [-0.2, -0.15) is 0 Å². The highest BCUT2D eigenvalue weighted by atomic mass is 16.4. The molecule has 0 aliphatic carbocycles. The molecular weight excluding hydrogens is 170 g/mol. The van der Waals surface area contributed by atoms with Crippen LogP contribution in [0.2, 0.25) is 0 Å². The lowest BCUT2D eigenvalue weighted by molar-refractivity contribution is -0.140. The number of aliphatic carboxylic acids is 1. The summed E-state index contributed by atoms with van der Waals surface area (Å²) in [5.41, 5.74) is -0.885. The molecule has 1 unspecified atom stereocenters. The number of carboxylic acid groups (broad SMARTS) is 1. The second-order valence-electron chi connectivity index (χ2n) is 3.65. The van der Waals surface area contributed by atoms with E-state index in [0.717, 1.165) is 13.1 Å². The summed E-state index contributed by atoms with van der Waals surface area (Å²) < 4.78 is 0. The summed E-state index contributed by atoms with van der Waals surface area (Å²) in [5.74, 6) is -1.31. The first-order valence-electron chi connectivity index (χ1n) is 4.52. The first-order chi connectivity index (χ1) is 6.04. The Bertz CT molecular complexity index is 187. The normalized spacial score (nSPS) is 23.8. The van der Waals surface area contributed by atoms with Crippen molar-refractivity contribution >= 4 is 5.97 Å². The van der Waals surface area contributed by atoms with E-state index < -0.39 is 17.5 Å². The average molecular weight is 186 g/mol. The van der Waals surface area contributed by atoms with Gasteiger partial charge in [0.2, 0.25) is 0 Å². The highest BCUT2D eigenvalue weighted by Gasteiger charge is 2.35. The maximum absolute atomic E-state index is 10.4. The molecule has 1 aliphatic rings. The van der Waals surface area contributed by atoms with E-state index in [9.17, 15) is 9.90 Å². The van der Waals surface area contributed by atoms with Gasteiger partial charge in [0.25, 0.3) is 0 Å². The number of piperidine rings is 1. The smallest absolute Gasteiger partial charge is 0.303 e.